The summed E-state index contributed by atoms with van der Waals surface area (Å²) in [7, 11) is 0. The molecule has 0 spiro atoms. The molecule has 1 saturated carbocycles. The molecule has 114 valence electrons. The quantitative estimate of drug-likeness (QED) is 0.866. The van der Waals surface area contributed by atoms with E-state index in [-0.39, 0.29) is 23.9 Å². The number of fused-ring (bicyclic) bond motifs is 1. The fourth-order valence-corrected chi connectivity index (χ4v) is 3.98. The monoisotopic (exact) mass is 307 g/mol. The fourth-order valence-electron chi connectivity index (χ4n) is 2.70. The number of esters is 1. The normalized spacial score (nSPS) is 17.5. The summed E-state index contributed by atoms with van der Waals surface area (Å²) in [5.74, 6) is -0.110. The molecule has 3 rings (SSSR count). The van der Waals surface area contributed by atoms with Crippen LogP contribution in [0.1, 0.15) is 60.3 Å². The van der Waals surface area contributed by atoms with E-state index >= 15 is 0 Å². The molecule has 1 aromatic rings. The van der Waals surface area contributed by atoms with Crippen molar-refractivity contribution >= 4 is 28.2 Å². The SMILES string of the molecule is CC(C)OC(=O)c1c(NC(=O)C2CC2)sc2c1CCCC2. The summed E-state index contributed by atoms with van der Waals surface area (Å²) in [5, 5.41) is 3.66. The van der Waals surface area contributed by atoms with Crippen molar-refractivity contribution in [2.45, 2.75) is 58.5 Å². The average molecular weight is 307 g/mol. The van der Waals surface area contributed by atoms with Gasteiger partial charge in [0.1, 0.15) is 5.00 Å². The summed E-state index contributed by atoms with van der Waals surface area (Å²) in [5.41, 5.74) is 1.71. The second-order valence-corrected chi connectivity index (χ2v) is 7.24. The highest BCUT2D eigenvalue weighted by Crippen LogP contribution is 2.40. The van der Waals surface area contributed by atoms with Gasteiger partial charge in [0.05, 0.1) is 11.7 Å². The summed E-state index contributed by atoms with van der Waals surface area (Å²) < 4.78 is 5.38. The van der Waals surface area contributed by atoms with Crippen molar-refractivity contribution in [2.24, 2.45) is 5.92 Å². The molecule has 0 unspecified atom stereocenters. The summed E-state index contributed by atoms with van der Waals surface area (Å²) in [4.78, 5) is 25.7. The Balaban J connectivity index is 1.91. The van der Waals surface area contributed by atoms with Gasteiger partial charge in [0.2, 0.25) is 5.91 Å². The highest BCUT2D eigenvalue weighted by atomic mass is 32.1. The Morgan fingerprint density at radius 2 is 1.95 bits per heavy atom. The molecule has 1 fully saturated rings. The molecule has 2 aliphatic carbocycles. The first-order valence-corrected chi connectivity index (χ1v) is 8.54. The van der Waals surface area contributed by atoms with Crippen molar-refractivity contribution in [1.29, 1.82) is 0 Å². The molecule has 1 heterocycles. The third-order valence-corrected chi connectivity index (χ3v) is 5.11. The Bertz CT molecular complexity index is 572. The summed E-state index contributed by atoms with van der Waals surface area (Å²) >= 11 is 1.56. The molecule has 1 amide bonds. The van der Waals surface area contributed by atoms with Gasteiger partial charge in [0, 0.05) is 10.8 Å². The highest BCUT2D eigenvalue weighted by molar-refractivity contribution is 7.17. The van der Waals surface area contributed by atoms with Crippen molar-refractivity contribution < 1.29 is 14.3 Å². The van der Waals surface area contributed by atoms with E-state index in [1.807, 2.05) is 13.8 Å². The predicted octanol–water partition coefficient (Wildman–Crippen LogP) is 3.54. The molecule has 4 nitrogen and oxygen atoms in total. The number of anilines is 1. The fraction of sp³-hybridized carbons (Fsp3) is 0.625. The molecule has 2 aliphatic rings. The van der Waals surface area contributed by atoms with Crippen LogP contribution in [-0.2, 0) is 22.4 Å². The minimum atomic E-state index is -0.296. The van der Waals surface area contributed by atoms with Crippen LogP contribution in [0.4, 0.5) is 5.00 Å². The summed E-state index contributed by atoms with van der Waals surface area (Å²) in [6.45, 7) is 3.69. The van der Waals surface area contributed by atoms with Gasteiger partial charge in [0.25, 0.3) is 0 Å². The van der Waals surface area contributed by atoms with Crippen molar-refractivity contribution in [2.75, 3.05) is 5.32 Å². The van der Waals surface area contributed by atoms with Gasteiger partial charge in [-0.2, -0.15) is 0 Å². The molecule has 0 atom stereocenters. The second kappa shape index (κ2) is 5.79. The van der Waals surface area contributed by atoms with E-state index in [0.29, 0.717) is 10.6 Å². The molecule has 0 radical (unpaired) electrons. The Hall–Kier alpha value is -1.36. The minimum absolute atomic E-state index is 0.0483. The van der Waals surface area contributed by atoms with Crippen LogP contribution in [0, 0.1) is 5.92 Å². The molecule has 1 N–H and O–H groups in total. The number of amides is 1. The second-order valence-electron chi connectivity index (χ2n) is 6.13. The van der Waals surface area contributed by atoms with Crippen molar-refractivity contribution in [1.82, 2.24) is 0 Å². The van der Waals surface area contributed by atoms with Gasteiger partial charge in [-0.1, -0.05) is 0 Å². The van der Waals surface area contributed by atoms with Crippen LogP contribution < -0.4 is 5.32 Å². The molecule has 5 heteroatoms. The zero-order chi connectivity index (χ0) is 15.0. The van der Waals surface area contributed by atoms with Crippen molar-refractivity contribution in [3.05, 3.63) is 16.0 Å². The van der Waals surface area contributed by atoms with E-state index in [0.717, 1.165) is 44.1 Å². The molecule has 0 aromatic carbocycles. The van der Waals surface area contributed by atoms with Gasteiger partial charge < -0.3 is 10.1 Å². The molecular formula is C16H21NO3S. The number of hydrogen-bond acceptors (Lipinski definition) is 4. The van der Waals surface area contributed by atoms with Gasteiger partial charge in [-0.25, -0.2) is 4.79 Å². The van der Waals surface area contributed by atoms with Crippen LogP contribution >= 0.6 is 11.3 Å². The zero-order valence-electron chi connectivity index (χ0n) is 12.5. The molecule has 21 heavy (non-hydrogen) atoms. The number of thiophene rings is 1. The van der Waals surface area contributed by atoms with E-state index < -0.39 is 0 Å². The van der Waals surface area contributed by atoms with E-state index in [1.165, 1.54) is 4.88 Å². The first-order chi connectivity index (χ1) is 10.1. The number of hydrogen-bond donors (Lipinski definition) is 1. The Morgan fingerprint density at radius 3 is 2.62 bits per heavy atom. The van der Waals surface area contributed by atoms with Crippen LogP contribution in [0.25, 0.3) is 0 Å². The lowest BCUT2D eigenvalue weighted by Gasteiger charge is -2.14. The first-order valence-electron chi connectivity index (χ1n) is 7.72. The largest absolute Gasteiger partial charge is 0.459 e. The number of nitrogens with one attached hydrogen (secondary N) is 1. The lowest BCUT2D eigenvalue weighted by Crippen LogP contribution is -2.18. The predicted molar refractivity (Wildman–Crippen MR) is 82.9 cm³/mol. The Morgan fingerprint density at radius 1 is 1.24 bits per heavy atom. The number of carbonyl (C=O) groups excluding carboxylic acids is 2. The number of carbonyl (C=O) groups is 2. The van der Waals surface area contributed by atoms with E-state index in [2.05, 4.69) is 5.32 Å². The molecule has 0 saturated heterocycles. The lowest BCUT2D eigenvalue weighted by atomic mass is 9.95. The highest BCUT2D eigenvalue weighted by Gasteiger charge is 2.33. The lowest BCUT2D eigenvalue weighted by molar-refractivity contribution is -0.117. The van der Waals surface area contributed by atoms with Gasteiger partial charge in [-0.3, -0.25) is 4.79 Å². The van der Waals surface area contributed by atoms with Gasteiger partial charge >= 0.3 is 5.97 Å². The molecular weight excluding hydrogens is 286 g/mol. The first kappa shape index (κ1) is 14.6. The third kappa shape index (κ3) is 3.12. The van der Waals surface area contributed by atoms with Crippen LogP contribution in [0.3, 0.4) is 0 Å². The van der Waals surface area contributed by atoms with Gasteiger partial charge in [-0.15, -0.1) is 11.3 Å². The Labute approximate surface area is 128 Å². The maximum atomic E-state index is 12.4. The zero-order valence-corrected chi connectivity index (χ0v) is 13.3. The minimum Gasteiger partial charge on any atom is -0.459 e. The molecule has 0 aliphatic heterocycles. The maximum absolute atomic E-state index is 12.4. The summed E-state index contributed by atoms with van der Waals surface area (Å²) in [6, 6.07) is 0. The van der Waals surface area contributed by atoms with Crippen molar-refractivity contribution in [3.63, 3.8) is 0 Å². The van der Waals surface area contributed by atoms with Crippen LogP contribution in [-0.4, -0.2) is 18.0 Å². The van der Waals surface area contributed by atoms with E-state index in [4.69, 9.17) is 4.74 Å². The van der Waals surface area contributed by atoms with Crippen LogP contribution in [0.5, 0.6) is 0 Å². The molecule has 0 bridgehead atoms. The van der Waals surface area contributed by atoms with Gasteiger partial charge in [0.15, 0.2) is 0 Å². The number of ether oxygens (including phenoxy) is 1. The topological polar surface area (TPSA) is 55.4 Å². The van der Waals surface area contributed by atoms with Crippen LogP contribution in [0.15, 0.2) is 0 Å². The van der Waals surface area contributed by atoms with E-state index in [1.54, 1.807) is 11.3 Å². The molecule has 1 aromatic heterocycles. The summed E-state index contributed by atoms with van der Waals surface area (Å²) in [6.07, 6.45) is 5.94. The van der Waals surface area contributed by atoms with Gasteiger partial charge in [-0.05, 0) is 57.9 Å². The number of aryl methyl sites for hydroxylation is 1. The van der Waals surface area contributed by atoms with E-state index in [9.17, 15) is 9.59 Å². The Kier molecular flexibility index (Phi) is 4.02. The van der Waals surface area contributed by atoms with Crippen molar-refractivity contribution in [3.8, 4) is 0 Å². The van der Waals surface area contributed by atoms with Crippen LogP contribution in [0.2, 0.25) is 0 Å². The maximum Gasteiger partial charge on any atom is 0.341 e. The standard InChI is InChI=1S/C16H21NO3S/c1-9(2)20-16(19)13-11-5-3-4-6-12(11)21-15(13)17-14(18)10-7-8-10/h9-10H,3-8H2,1-2H3,(H,17,18). The average Bonchev–Trinajstić information content (AvgIpc) is 3.19. The number of rotatable bonds is 4. The third-order valence-electron chi connectivity index (χ3n) is 3.90. The smallest absolute Gasteiger partial charge is 0.341 e.